The van der Waals surface area contributed by atoms with Gasteiger partial charge >= 0.3 is 0 Å². The van der Waals surface area contributed by atoms with Crippen molar-refractivity contribution in [3.05, 3.63) is 132 Å². The Labute approximate surface area is 375 Å². The average molecular weight is 885 g/mol. The van der Waals surface area contributed by atoms with Gasteiger partial charge in [0.15, 0.2) is 5.82 Å². The van der Waals surface area contributed by atoms with Gasteiger partial charge in [-0.05, 0) is 117 Å². The number of fused-ring (bicyclic) bond motifs is 1. The van der Waals surface area contributed by atoms with Gasteiger partial charge in [0.25, 0.3) is 0 Å². The lowest BCUT2D eigenvalue weighted by molar-refractivity contribution is 0.243. The van der Waals surface area contributed by atoms with Gasteiger partial charge < -0.3 is 21.3 Å². The first-order valence-corrected chi connectivity index (χ1v) is 22.3. The second-order valence-electron chi connectivity index (χ2n) is 16.5. The molecule has 16 heteroatoms. The first-order valence-electron chi connectivity index (χ1n) is 21.9. The Bertz CT molecular complexity index is 2680. The van der Waals surface area contributed by atoms with Crippen molar-refractivity contribution >= 4 is 45.6 Å². The number of halogens is 3. The van der Waals surface area contributed by atoms with Crippen LogP contribution in [0.15, 0.2) is 97.3 Å². The first-order chi connectivity index (χ1) is 31.2. The number of aromatic amines is 1. The van der Waals surface area contributed by atoms with Crippen molar-refractivity contribution in [2.24, 2.45) is 0 Å². The summed E-state index contributed by atoms with van der Waals surface area (Å²) >= 11 is 5.31. The molecule has 330 valence electrons. The first kappa shape index (κ1) is 44.1. The molecule has 2 aliphatic carbocycles. The standard InChI is InChI=1S/C24H25F2N5S.C24H26FN7/c1-2-12-28-23(32)17-14-16(6-7-18(17)25)20-8-9-21(31-30-20)29-15-24(10-4-11-24)22-19(26)5-3-13-27-22;1-2-12-27-23-17-14-16(6-7-20(17)30-32-23)19-8-9-21(31-29-19)28-15-24(10-4-11-24)22-18(25)5-3-13-26-22/h3,5-9,13-14H,2,4,10-12,15H2,1H3,(H,28,32)(H,29,31);3,5-9,13-14H,2,4,10-12,15H2,1H3,(H,28,31)(H2,27,30,32). The van der Waals surface area contributed by atoms with Gasteiger partial charge in [-0.25, -0.2) is 13.2 Å². The summed E-state index contributed by atoms with van der Waals surface area (Å²) in [6.07, 6.45) is 10.9. The van der Waals surface area contributed by atoms with E-state index in [4.69, 9.17) is 12.2 Å². The summed E-state index contributed by atoms with van der Waals surface area (Å²) < 4.78 is 42.9. The summed E-state index contributed by atoms with van der Waals surface area (Å²) in [5, 5.41) is 38.8. The molecule has 2 fully saturated rings. The fourth-order valence-corrected chi connectivity index (χ4v) is 8.44. The molecule has 9 rings (SSSR count). The van der Waals surface area contributed by atoms with Gasteiger partial charge in [-0.1, -0.05) is 45.0 Å². The second-order valence-corrected chi connectivity index (χ2v) is 16.9. The van der Waals surface area contributed by atoms with Crippen LogP contribution in [0.25, 0.3) is 33.4 Å². The summed E-state index contributed by atoms with van der Waals surface area (Å²) in [6, 6.07) is 24.5. The molecule has 0 spiro atoms. The molecule has 12 nitrogen and oxygen atoms in total. The van der Waals surface area contributed by atoms with Crippen LogP contribution in [0.3, 0.4) is 0 Å². The van der Waals surface area contributed by atoms with E-state index in [2.05, 4.69) is 74.8 Å². The third-order valence-electron chi connectivity index (χ3n) is 12.1. The lowest BCUT2D eigenvalue weighted by Crippen LogP contribution is -2.42. The smallest absolute Gasteiger partial charge is 0.155 e. The van der Waals surface area contributed by atoms with Crippen molar-refractivity contribution in [1.29, 1.82) is 0 Å². The number of H-pyrrole nitrogens is 1. The Morgan fingerprint density at radius 1 is 0.641 bits per heavy atom. The third kappa shape index (κ3) is 9.66. The number of nitrogens with zero attached hydrogens (tertiary/aromatic N) is 7. The number of hydrogen-bond acceptors (Lipinski definition) is 11. The molecule has 7 aromatic rings. The second kappa shape index (κ2) is 19.9. The fraction of sp³-hybridized carbons (Fsp3) is 0.333. The molecule has 0 atom stereocenters. The molecular weight excluding hydrogens is 834 g/mol. The van der Waals surface area contributed by atoms with E-state index in [9.17, 15) is 13.2 Å². The van der Waals surface area contributed by atoms with Crippen molar-refractivity contribution in [2.45, 2.75) is 76.0 Å². The number of pyridine rings is 2. The van der Waals surface area contributed by atoms with Crippen molar-refractivity contribution in [1.82, 2.24) is 45.9 Å². The zero-order chi connectivity index (χ0) is 44.5. The van der Waals surface area contributed by atoms with Gasteiger partial charge in [0.05, 0.1) is 28.3 Å². The van der Waals surface area contributed by atoms with Gasteiger partial charge in [0.2, 0.25) is 0 Å². The minimum Gasteiger partial charge on any atom is -0.376 e. The van der Waals surface area contributed by atoms with E-state index in [0.717, 1.165) is 91.5 Å². The zero-order valence-corrected chi connectivity index (χ0v) is 36.7. The Morgan fingerprint density at radius 2 is 1.20 bits per heavy atom. The van der Waals surface area contributed by atoms with Crippen LogP contribution < -0.4 is 21.3 Å². The van der Waals surface area contributed by atoms with Gasteiger partial charge in [0.1, 0.15) is 34.1 Å². The molecule has 2 saturated carbocycles. The van der Waals surface area contributed by atoms with Gasteiger partial charge in [-0.2, -0.15) is 5.10 Å². The van der Waals surface area contributed by atoms with Crippen molar-refractivity contribution < 1.29 is 13.2 Å². The van der Waals surface area contributed by atoms with Crippen LogP contribution >= 0.6 is 12.2 Å². The number of anilines is 3. The molecule has 5 aromatic heterocycles. The van der Waals surface area contributed by atoms with Crippen LogP contribution in [0, 0.1) is 17.5 Å². The number of nitrogens with one attached hydrogen (secondary N) is 5. The molecule has 2 aromatic carbocycles. The topological polar surface area (TPSA) is 154 Å². The van der Waals surface area contributed by atoms with E-state index in [1.54, 1.807) is 36.7 Å². The van der Waals surface area contributed by atoms with Crippen LogP contribution in [0.1, 0.15) is 82.2 Å². The summed E-state index contributed by atoms with van der Waals surface area (Å²) in [5.74, 6) is 1.24. The zero-order valence-electron chi connectivity index (χ0n) is 35.9. The predicted octanol–water partition coefficient (Wildman–Crippen LogP) is 9.94. The Kier molecular flexibility index (Phi) is 13.7. The Balaban J connectivity index is 0.000000175. The molecule has 0 amide bonds. The third-order valence-corrected chi connectivity index (χ3v) is 12.5. The Hall–Kier alpha value is -6.55. The molecule has 64 heavy (non-hydrogen) atoms. The lowest BCUT2D eigenvalue weighted by atomic mass is 9.66. The number of hydrogen-bond donors (Lipinski definition) is 5. The van der Waals surface area contributed by atoms with Gasteiger partial charge in [-0.15, -0.1) is 20.4 Å². The summed E-state index contributed by atoms with van der Waals surface area (Å²) in [7, 11) is 0. The van der Waals surface area contributed by atoms with E-state index in [1.807, 2.05) is 43.3 Å². The monoisotopic (exact) mass is 884 g/mol. The lowest BCUT2D eigenvalue weighted by Gasteiger charge is -2.41. The molecule has 2 aliphatic rings. The highest BCUT2D eigenvalue weighted by molar-refractivity contribution is 7.80. The molecule has 0 saturated heterocycles. The van der Waals surface area contributed by atoms with E-state index in [0.29, 0.717) is 58.9 Å². The minimum absolute atomic E-state index is 0.238. The van der Waals surface area contributed by atoms with Crippen LogP contribution in [0.2, 0.25) is 0 Å². The van der Waals surface area contributed by atoms with Crippen LogP contribution in [0.4, 0.5) is 30.6 Å². The van der Waals surface area contributed by atoms with Crippen molar-refractivity contribution in [2.75, 3.05) is 42.1 Å². The molecule has 0 bridgehead atoms. The van der Waals surface area contributed by atoms with Gasteiger partial charge in [-0.3, -0.25) is 15.1 Å². The maximum Gasteiger partial charge on any atom is 0.155 e. The van der Waals surface area contributed by atoms with Crippen LogP contribution in [0.5, 0.6) is 0 Å². The number of aromatic nitrogens is 8. The maximum atomic E-state index is 14.3. The molecular formula is C48H51F3N12S. The minimum atomic E-state index is -0.374. The normalized spacial score (nSPS) is 14.6. The van der Waals surface area contributed by atoms with Crippen LogP contribution in [-0.4, -0.2) is 71.7 Å². The number of benzene rings is 2. The molecule has 0 radical (unpaired) electrons. The summed E-state index contributed by atoms with van der Waals surface area (Å²) in [5.41, 5.74) is 4.89. The number of thiocarbonyl (C=S) groups is 1. The Morgan fingerprint density at radius 3 is 1.70 bits per heavy atom. The maximum absolute atomic E-state index is 14.3. The SMILES string of the molecule is CCCNC(=S)c1cc(-c2ccc(NCC3(c4ncccc4F)CCC3)nn2)ccc1F.CCCNc1n[nH]c2ccc(-c3ccc(NCC4(c5ncccc5F)CCC4)nn3)cc12. The molecule has 0 aliphatic heterocycles. The highest BCUT2D eigenvalue weighted by Gasteiger charge is 2.43. The summed E-state index contributed by atoms with van der Waals surface area (Å²) in [4.78, 5) is 8.99. The van der Waals surface area contributed by atoms with Crippen molar-refractivity contribution in [3.63, 3.8) is 0 Å². The van der Waals surface area contributed by atoms with E-state index in [1.165, 1.54) is 18.2 Å². The van der Waals surface area contributed by atoms with E-state index >= 15 is 0 Å². The highest BCUT2D eigenvalue weighted by atomic mass is 32.1. The van der Waals surface area contributed by atoms with E-state index < -0.39 is 0 Å². The quantitative estimate of drug-likeness (QED) is 0.0587. The summed E-state index contributed by atoms with van der Waals surface area (Å²) in [6.45, 7) is 6.82. The van der Waals surface area contributed by atoms with Gasteiger partial charge in [0, 0.05) is 71.5 Å². The van der Waals surface area contributed by atoms with Crippen molar-refractivity contribution in [3.8, 4) is 22.5 Å². The largest absolute Gasteiger partial charge is 0.376 e. The van der Waals surface area contributed by atoms with Crippen LogP contribution in [-0.2, 0) is 10.8 Å². The number of rotatable bonds is 16. The van der Waals surface area contributed by atoms with E-state index in [-0.39, 0.29) is 28.3 Å². The average Bonchev–Trinajstić information content (AvgIpc) is 3.70. The predicted molar refractivity (Wildman–Crippen MR) is 250 cm³/mol. The highest BCUT2D eigenvalue weighted by Crippen LogP contribution is 2.45. The fourth-order valence-electron chi connectivity index (χ4n) is 8.18. The molecule has 5 N–H and O–H groups in total. The molecule has 0 unspecified atom stereocenters. The molecule has 5 heterocycles.